The number of amides is 2. The lowest BCUT2D eigenvalue weighted by Gasteiger charge is -2.05. The number of anilines is 2. The molecule has 0 atom stereocenters. The van der Waals surface area contributed by atoms with Crippen LogP contribution >= 0.6 is 11.3 Å². The maximum absolute atomic E-state index is 12.1. The summed E-state index contributed by atoms with van der Waals surface area (Å²) < 4.78 is 0. The number of carbonyl (C=O) groups is 2. The molecule has 0 aliphatic carbocycles. The van der Waals surface area contributed by atoms with E-state index in [1.54, 1.807) is 29.6 Å². The first-order valence-corrected chi connectivity index (χ1v) is 7.48. The molecule has 0 saturated heterocycles. The molecule has 0 fully saturated rings. The van der Waals surface area contributed by atoms with Gasteiger partial charge in [-0.2, -0.15) is 0 Å². The van der Waals surface area contributed by atoms with E-state index in [-0.39, 0.29) is 11.8 Å². The number of thiazole rings is 1. The molecular weight excluding hydrogens is 286 g/mol. The summed E-state index contributed by atoms with van der Waals surface area (Å²) >= 11 is 1.49. The van der Waals surface area contributed by atoms with Gasteiger partial charge < -0.3 is 10.6 Å². The van der Waals surface area contributed by atoms with Crippen molar-refractivity contribution in [2.24, 2.45) is 0 Å². The van der Waals surface area contributed by atoms with Gasteiger partial charge in [0.05, 0.1) is 5.01 Å². The van der Waals surface area contributed by atoms with Crippen LogP contribution in [-0.2, 0) is 4.79 Å². The Balaban J connectivity index is 2.03. The SMILES string of the molecule is CC(=O)Nc1ccc(NC(=O)c2csc(C(C)C)n2)cc1. The number of hydrogen-bond acceptors (Lipinski definition) is 4. The normalized spacial score (nSPS) is 10.5. The average Bonchev–Trinajstić information content (AvgIpc) is 2.90. The van der Waals surface area contributed by atoms with Gasteiger partial charge >= 0.3 is 0 Å². The van der Waals surface area contributed by atoms with Crippen LogP contribution < -0.4 is 10.6 Å². The van der Waals surface area contributed by atoms with E-state index < -0.39 is 0 Å². The van der Waals surface area contributed by atoms with Crippen molar-refractivity contribution >= 4 is 34.5 Å². The summed E-state index contributed by atoms with van der Waals surface area (Å²) in [5.41, 5.74) is 1.78. The van der Waals surface area contributed by atoms with Gasteiger partial charge in [0.2, 0.25) is 5.91 Å². The molecule has 0 spiro atoms. The second-order valence-electron chi connectivity index (χ2n) is 4.94. The average molecular weight is 303 g/mol. The van der Waals surface area contributed by atoms with Crippen molar-refractivity contribution in [3.05, 3.63) is 40.3 Å². The predicted octanol–water partition coefficient (Wildman–Crippen LogP) is 3.48. The maximum Gasteiger partial charge on any atom is 0.275 e. The van der Waals surface area contributed by atoms with Crippen molar-refractivity contribution in [3.8, 4) is 0 Å². The highest BCUT2D eigenvalue weighted by Gasteiger charge is 2.12. The lowest BCUT2D eigenvalue weighted by Crippen LogP contribution is -2.12. The quantitative estimate of drug-likeness (QED) is 0.908. The van der Waals surface area contributed by atoms with Gasteiger partial charge in [0, 0.05) is 29.6 Å². The molecule has 2 aromatic rings. The van der Waals surface area contributed by atoms with E-state index in [9.17, 15) is 9.59 Å². The first kappa shape index (κ1) is 15.2. The van der Waals surface area contributed by atoms with E-state index in [1.165, 1.54) is 18.3 Å². The molecule has 0 aliphatic heterocycles. The largest absolute Gasteiger partial charge is 0.326 e. The second-order valence-corrected chi connectivity index (χ2v) is 5.83. The number of aromatic nitrogens is 1. The van der Waals surface area contributed by atoms with E-state index in [0.29, 0.717) is 23.0 Å². The molecule has 0 aliphatic rings. The molecule has 1 heterocycles. The zero-order chi connectivity index (χ0) is 15.4. The van der Waals surface area contributed by atoms with Crippen molar-refractivity contribution in [2.45, 2.75) is 26.7 Å². The Kier molecular flexibility index (Phi) is 4.70. The third kappa shape index (κ3) is 4.13. The third-order valence-electron chi connectivity index (χ3n) is 2.71. The maximum atomic E-state index is 12.1. The molecule has 0 radical (unpaired) electrons. The van der Waals surface area contributed by atoms with Crippen LogP contribution in [0, 0.1) is 0 Å². The van der Waals surface area contributed by atoms with Crippen LogP contribution in [0.5, 0.6) is 0 Å². The first-order valence-electron chi connectivity index (χ1n) is 6.60. The highest BCUT2D eigenvalue weighted by Crippen LogP contribution is 2.20. The summed E-state index contributed by atoms with van der Waals surface area (Å²) in [6, 6.07) is 6.94. The Morgan fingerprint density at radius 1 is 1.10 bits per heavy atom. The zero-order valence-electron chi connectivity index (χ0n) is 12.1. The second kappa shape index (κ2) is 6.49. The van der Waals surface area contributed by atoms with Gasteiger partial charge in [-0.3, -0.25) is 9.59 Å². The Bertz CT molecular complexity index is 647. The molecule has 5 nitrogen and oxygen atoms in total. The van der Waals surface area contributed by atoms with Gasteiger partial charge in [0.15, 0.2) is 0 Å². The highest BCUT2D eigenvalue weighted by molar-refractivity contribution is 7.09. The van der Waals surface area contributed by atoms with Crippen LogP contribution in [0.1, 0.15) is 42.2 Å². The van der Waals surface area contributed by atoms with Gasteiger partial charge in [-0.1, -0.05) is 13.8 Å². The zero-order valence-corrected chi connectivity index (χ0v) is 13.0. The molecule has 0 unspecified atom stereocenters. The van der Waals surface area contributed by atoms with E-state index >= 15 is 0 Å². The molecule has 1 aromatic heterocycles. The minimum Gasteiger partial charge on any atom is -0.326 e. The summed E-state index contributed by atoms with van der Waals surface area (Å²) in [6.45, 7) is 5.53. The van der Waals surface area contributed by atoms with Crippen LogP contribution in [-0.4, -0.2) is 16.8 Å². The summed E-state index contributed by atoms with van der Waals surface area (Å²) in [6.07, 6.45) is 0. The van der Waals surface area contributed by atoms with Gasteiger partial charge in [-0.25, -0.2) is 4.98 Å². The van der Waals surface area contributed by atoms with Crippen molar-refractivity contribution in [2.75, 3.05) is 10.6 Å². The standard InChI is InChI=1S/C15H17N3O2S/c1-9(2)15-18-13(8-21-15)14(20)17-12-6-4-11(5-7-12)16-10(3)19/h4-9H,1-3H3,(H,16,19)(H,17,20). The van der Waals surface area contributed by atoms with Crippen molar-refractivity contribution in [1.29, 1.82) is 0 Å². The molecule has 21 heavy (non-hydrogen) atoms. The monoisotopic (exact) mass is 303 g/mol. The van der Waals surface area contributed by atoms with Gasteiger partial charge in [-0.05, 0) is 24.3 Å². The van der Waals surface area contributed by atoms with Crippen LogP contribution in [0.4, 0.5) is 11.4 Å². The minimum atomic E-state index is -0.231. The molecule has 0 saturated carbocycles. The third-order valence-corrected chi connectivity index (χ3v) is 3.86. The van der Waals surface area contributed by atoms with Crippen molar-refractivity contribution in [3.63, 3.8) is 0 Å². The van der Waals surface area contributed by atoms with Crippen molar-refractivity contribution in [1.82, 2.24) is 4.98 Å². The molecule has 1 aromatic carbocycles. The molecular formula is C15H17N3O2S. The van der Waals surface area contributed by atoms with Gasteiger partial charge in [0.1, 0.15) is 5.69 Å². The van der Waals surface area contributed by atoms with Crippen LogP contribution in [0.25, 0.3) is 0 Å². The Morgan fingerprint density at radius 2 is 1.67 bits per heavy atom. The fourth-order valence-electron chi connectivity index (χ4n) is 1.69. The Hall–Kier alpha value is -2.21. The van der Waals surface area contributed by atoms with Crippen LogP contribution in [0.2, 0.25) is 0 Å². The Labute approximate surface area is 127 Å². The fourth-order valence-corrected chi connectivity index (χ4v) is 2.51. The highest BCUT2D eigenvalue weighted by atomic mass is 32.1. The number of carbonyl (C=O) groups excluding carboxylic acids is 2. The number of nitrogens with zero attached hydrogens (tertiary/aromatic N) is 1. The molecule has 2 rings (SSSR count). The molecule has 6 heteroatoms. The van der Waals surface area contributed by atoms with E-state index in [4.69, 9.17) is 0 Å². The number of rotatable bonds is 4. The van der Waals surface area contributed by atoms with E-state index in [2.05, 4.69) is 15.6 Å². The van der Waals surface area contributed by atoms with Gasteiger partial charge in [-0.15, -0.1) is 11.3 Å². The lowest BCUT2D eigenvalue weighted by molar-refractivity contribution is -0.114. The summed E-state index contributed by atoms with van der Waals surface area (Å²) in [7, 11) is 0. The first-order chi connectivity index (χ1) is 9.95. The molecule has 2 N–H and O–H groups in total. The fraction of sp³-hybridized carbons (Fsp3) is 0.267. The topological polar surface area (TPSA) is 71.1 Å². The predicted molar refractivity (Wildman–Crippen MR) is 84.9 cm³/mol. The van der Waals surface area contributed by atoms with E-state index in [1.807, 2.05) is 13.8 Å². The van der Waals surface area contributed by atoms with Crippen molar-refractivity contribution < 1.29 is 9.59 Å². The van der Waals surface area contributed by atoms with E-state index in [0.717, 1.165) is 5.01 Å². The molecule has 110 valence electrons. The van der Waals surface area contributed by atoms with Crippen LogP contribution in [0.15, 0.2) is 29.6 Å². The van der Waals surface area contributed by atoms with Gasteiger partial charge in [0.25, 0.3) is 5.91 Å². The minimum absolute atomic E-state index is 0.129. The Morgan fingerprint density at radius 3 is 2.14 bits per heavy atom. The molecule has 2 amide bonds. The summed E-state index contributed by atoms with van der Waals surface area (Å²) in [5.74, 6) is -0.0469. The lowest BCUT2D eigenvalue weighted by atomic mass is 10.2. The summed E-state index contributed by atoms with van der Waals surface area (Å²) in [4.78, 5) is 27.3. The number of nitrogens with one attached hydrogen (secondary N) is 2. The smallest absolute Gasteiger partial charge is 0.275 e. The molecule has 0 bridgehead atoms. The number of hydrogen-bond donors (Lipinski definition) is 2. The summed E-state index contributed by atoms with van der Waals surface area (Å²) in [5, 5.41) is 8.16. The number of benzene rings is 1. The van der Waals surface area contributed by atoms with Crippen LogP contribution in [0.3, 0.4) is 0 Å².